The number of nitriles is 1. The number of hydrogen-bond donors (Lipinski definition) is 1. The first-order valence-electron chi connectivity index (χ1n) is 9.69. The van der Waals surface area contributed by atoms with Crippen LogP contribution in [0.4, 0.5) is 18.0 Å². The van der Waals surface area contributed by atoms with E-state index in [1.807, 2.05) is 0 Å². The lowest BCUT2D eigenvalue weighted by molar-refractivity contribution is -0.137. The highest BCUT2D eigenvalue weighted by Gasteiger charge is 2.50. The lowest BCUT2D eigenvalue weighted by atomic mass is 9.71. The summed E-state index contributed by atoms with van der Waals surface area (Å²) in [6.07, 6.45) is -2.47. The molecule has 0 aromatic heterocycles. The van der Waals surface area contributed by atoms with E-state index in [2.05, 4.69) is 0 Å². The number of benzene rings is 1. The van der Waals surface area contributed by atoms with Gasteiger partial charge in [-0.2, -0.15) is 18.4 Å². The molecule has 2 bridgehead atoms. The number of halogens is 3. The molecule has 2 unspecified atom stereocenters. The van der Waals surface area contributed by atoms with Crippen molar-refractivity contribution in [1.29, 1.82) is 5.26 Å². The largest absolute Gasteiger partial charge is 0.444 e. The van der Waals surface area contributed by atoms with E-state index < -0.39 is 29.0 Å². The maximum absolute atomic E-state index is 13.0. The molecule has 2 aliphatic rings. The fourth-order valence-electron chi connectivity index (χ4n) is 4.48. The second kappa shape index (κ2) is 7.21. The molecule has 2 fully saturated rings. The number of aliphatic hydroxyl groups is 1. The highest BCUT2D eigenvalue weighted by molar-refractivity contribution is 5.69. The lowest BCUT2D eigenvalue weighted by Crippen LogP contribution is -2.59. The van der Waals surface area contributed by atoms with Gasteiger partial charge in [0.05, 0.1) is 22.8 Å². The summed E-state index contributed by atoms with van der Waals surface area (Å²) < 4.78 is 44.5. The molecule has 1 aromatic rings. The van der Waals surface area contributed by atoms with Crippen LogP contribution in [0, 0.1) is 11.3 Å². The Hall–Kier alpha value is -2.27. The first kappa shape index (κ1) is 21.4. The third kappa shape index (κ3) is 4.35. The van der Waals surface area contributed by atoms with Crippen molar-refractivity contribution in [2.24, 2.45) is 0 Å². The first-order chi connectivity index (χ1) is 13.3. The number of rotatable bonds is 1. The summed E-state index contributed by atoms with van der Waals surface area (Å²) in [5.74, 6) is 0. The van der Waals surface area contributed by atoms with Crippen LogP contribution in [0.3, 0.4) is 0 Å². The summed E-state index contributed by atoms with van der Waals surface area (Å²) >= 11 is 0. The SMILES string of the molecule is CC(C)(C)OC(=O)N1C2CCCC1CC(O)(c1ccc(C(F)(F)F)cc1C#N)C2. The molecule has 0 spiro atoms. The molecule has 1 amide bonds. The minimum Gasteiger partial charge on any atom is -0.444 e. The maximum atomic E-state index is 13.0. The van der Waals surface area contributed by atoms with Crippen LogP contribution in [0.5, 0.6) is 0 Å². The van der Waals surface area contributed by atoms with Crippen molar-refractivity contribution in [3.63, 3.8) is 0 Å². The molecule has 29 heavy (non-hydrogen) atoms. The van der Waals surface area contributed by atoms with Gasteiger partial charge < -0.3 is 14.7 Å². The standard InChI is InChI=1S/C21H25F3N2O3/c1-19(2,3)29-18(27)26-15-5-4-6-16(26)11-20(28,10-15)17-8-7-14(21(22,23)24)9-13(17)12-25/h7-9,15-16,28H,4-6,10-11H2,1-3H3. The third-order valence-corrected chi connectivity index (χ3v) is 5.58. The minimum absolute atomic E-state index is 0.156. The van der Waals surface area contributed by atoms with Crippen molar-refractivity contribution >= 4 is 6.09 Å². The number of hydrogen-bond acceptors (Lipinski definition) is 4. The minimum atomic E-state index is -4.57. The average molecular weight is 410 g/mol. The summed E-state index contributed by atoms with van der Waals surface area (Å²) in [6, 6.07) is 4.07. The van der Waals surface area contributed by atoms with Crippen molar-refractivity contribution in [1.82, 2.24) is 4.90 Å². The molecule has 2 heterocycles. The van der Waals surface area contributed by atoms with E-state index in [1.54, 1.807) is 31.7 Å². The lowest BCUT2D eigenvalue weighted by Gasteiger charge is -2.52. The van der Waals surface area contributed by atoms with Crippen LogP contribution < -0.4 is 0 Å². The number of ether oxygens (including phenoxy) is 1. The molecular formula is C21H25F3N2O3. The van der Waals surface area contributed by atoms with Gasteiger partial charge >= 0.3 is 12.3 Å². The zero-order chi connectivity index (χ0) is 21.6. The van der Waals surface area contributed by atoms with Crippen LogP contribution in [-0.2, 0) is 16.5 Å². The molecule has 1 aromatic carbocycles. The zero-order valence-corrected chi connectivity index (χ0v) is 16.7. The molecule has 0 aliphatic carbocycles. The monoisotopic (exact) mass is 410 g/mol. The normalized spacial score (nSPS) is 27.3. The number of carbonyl (C=O) groups is 1. The number of nitrogens with zero attached hydrogens (tertiary/aromatic N) is 2. The molecule has 2 atom stereocenters. The van der Waals surface area contributed by atoms with Gasteiger partial charge in [0, 0.05) is 30.5 Å². The van der Waals surface area contributed by atoms with Gasteiger partial charge in [0.15, 0.2) is 0 Å². The number of piperidine rings is 2. The Morgan fingerprint density at radius 1 is 1.24 bits per heavy atom. The Balaban J connectivity index is 1.92. The van der Waals surface area contributed by atoms with E-state index in [1.165, 1.54) is 6.07 Å². The number of carbonyl (C=O) groups excluding carboxylic acids is 1. The fraction of sp³-hybridized carbons (Fsp3) is 0.619. The Labute approximate surface area is 168 Å². The van der Waals surface area contributed by atoms with Gasteiger partial charge in [0.25, 0.3) is 0 Å². The van der Waals surface area contributed by atoms with E-state index >= 15 is 0 Å². The molecule has 3 rings (SSSR count). The third-order valence-electron chi connectivity index (χ3n) is 5.58. The molecular weight excluding hydrogens is 385 g/mol. The molecule has 1 N–H and O–H groups in total. The van der Waals surface area contributed by atoms with Crippen LogP contribution >= 0.6 is 0 Å². The summed E-state index contributed by atoms with van der Waals surface area (Å²) in [4.78, 5) is 14.4. The number of alkyl halides is 3. The van der Waals surface area contributed by atoms with Crippen molar-refractivity contribution in [3.05, 3.63) is 34.9 Å². The first-order valence-corrected chi connectivity index (χ1v) is 9.69. The second-order valence-corrected chi connectivity index (χ2v) is 8.94. The van der Waals surface area contributed by atoms with Crippen LogP contribution in [0.1, 0.15) is 69.6 Å². The number of amides is 1. The van der Waals surface area contributed by atoms with E-state index in [9.17, 15) is 28.3 Å². The van der Waals surface area contributed by atoms with Crippen molar-refractivity contribution in [2.75, 3.05) is 0 Å². The Bertz CT molecular complexity index is 825. The molecule has 0 radical (unpaired) electrons. The van der Waals surface area contributed by atoms with Gasteiger partial charge in [-0.1, -0.05) is 6.07 Å². The van der Waals surface area contributed by atoms with Gasteiger partial charge in [-0.25, -0.2) is 4.79 Å². The van der Waals surface area contributed by atoms with Crippen molar-refractivity contribution < 1.29 is 27.8 Å². The Morgan fingerprint density at radius 3 is 2.31 bits per heavy atom. The molecule has 2 saturated heterocycles. The quantitative estimate of drug-likeness (QED) is 0.727. The van der Waals surface area contributed by atoms with E-state index in [-0.39, 0.29) is 36.1 Å². The zero-order valence-electron chi connectivity index (χ0n) is 16.7. The van der Waals surface area contributed by atoms with Gasteiger partial charge in [0.1, 0.15) is 5.60 Å². The summed E-state index contributed by atoms with van der Waals surface area (Å²) in [5, 5.41) is 20.8. The van der Waals surface area contributed by atoms with Crippen LogP contribution in [-0.4, -0.2) is 33.8 Å². The Kier molecular flexibility index (Phi) is 5.33. The van der Waals surface area contributed by atoms with Crippen LogP contribution in [0.15, 0.2) is 18.2 Å². The fourth-order valence-corrected chi connectivity index (χ4v) is 4.48. The topological polar surface area (TPSA) is 73.6 Å². The molecule has 0 saturated carbocycles. The predicted octanol–water partition coefficient (Wildman–Crippen LogP) is 4.72. The predicted molar refractivity (Wildman–Crippen MR) is 98.8 cm³/mol. The molecule has 5 nitrogen and oxygen atoms in total. The highest BCUT2D eigenvalue weighted by Crippen LogP contribution is 2.46. The highest BCUT2D eigenvalue weighted by atomic mass is 19.4. The summed E-state index contributed by atoms with van der Waals surface area (Å²) in [7, 11) is 0. The molecule has 2 aliphatic heterocycles. The van der Waals surface area contributed by atoms with Crippen LogP contribution in [0.25, 0.3) is 0 Å². The van der Waals surface area contributed by atoms with Crippen molar-refractivity contribution in [2.45, 2.75) is 82.3 Å². The Morgan fingerprint density at radius 2 is 1.83 bits per heavy atom. The molecule has 158 valence electrons. The molecule has 8 heteroatoms. The van der Waals surface area contributed by atoms with Gasteiger partial charge in [-0.15, -0.1) is 0 Å². The average Bonchev–Trinajstić information content (AvgIpc) is 2.58. The van der Waals surface area contributed by atoms with E-state index in [0.29, 0.717) is 12.8 Å². The van der Waals surface area contributed by atoms with Crippen LogP contribution in [0.2, 0.25) is 0 Å². The summed E-state index contributed by atoms with van der Waals surface area (Å²) in [5.41, 5.74) is -3.04. The maximum Gasteiger partial charge on any atom is 0.416 e. The summed E-state index contributed by atoms with van der Waals surface area (Å²) in [6.45, 7) is 5.34. The van der Waals surface area contributed by atoms with Gasteiger partial charge in [0.2, 0.25) is 0 Å². The van der Waals surface area contributed by atoms with E-state index in [4.69, 9.17) is 4.74 Å². The number of fused-ring (bicyclic) bond motifs is 2. The smallest absolute Gasteiger partial charge is 0.416 e. The van der Waals surface area contributed by atoms with E-state index in [0.717, 1.165) is 18.6 Å². The van der Waals surface area contributed by atoms with Gasteiger partial charge in [-0.05, 0) is 52.2 Å². The second-order valence-electron chi connectivity index (χ2n) is 8.94. The van der Waals surface area contributed by atoms with Crippen molar-refractivity contribution in [3.8, 4) is 6.07 Å². The van der Waals surface area contributed by atoms with Gasteiger partial charge in [-0.3, -0.25) is 0 Å².